The van der Waals surface area contributed by atoms with E-state index in [2.05, 4.69) is 27.0 Å². The maximum Gasteiger partial charge on any atom is 0.223 e. The molecular weight excluding hydrogens is 292 g/mol. The Labute approximate surface area is 138 Å². The molecule has 3 nitrogen and oxygen atoms in total. The van der Waals surface area contributed by atoms with E-state index in [1.54, 1.807) is 11.3 Å². The summed E-state index contributed by atoms with van der Waals surface area (Å²) in [5.41, 5.74) is 1.37. The minimum atomic E-state index is 0.262. The van der Waals surface area contributed by atoms with Gasteiger partial charge in [-0.2, -0.15) is 11.3 Å². The lowest BCUT2D eigenvalue weighted by Crippen LogP contribution is -2.42. The van der Waals surface area contributed by atoms with E-state index in [1.165, 1.54) is 57.2 Å². The Hall–Kier alpha value is -0.870. The predicted octanol–water partition coefficient (Wildman–Crippen LogP) is 3.97. The average molecular weight is 321 g/mol. The quantitative estimate of drug-likeness (QED) is 0.890. The van der Waals surface area contributed by atoms with Gasteiger partial charge in [-0.25, -0.2) is 0 Å². The van der Waals surface area contributed by atoms with E-state index < -0.39 is 0 Å². The first-order valence-corrected chi connectivity index (χ1v) is 9.83. The van der Waals surface area contributed by atoms with Crippen LogP contribution in [0.1, 0.15) is 63.0 Å². The van der Waals surface area contributed by atoms with Crippen LogP contribution in [-0.2, 0) is 4.79 Å². The van der Waals surface area contributed by atoms with Crippen LogP contribution in [0, 0.1) is 5.92 Å². The first kappa shape index (κ1) is 16.0. The van der Waals surface area contributed by atoms with Crippen LogP contribution < -0.4 is 5.32 Å². The van der Waals surface area contributed by atoms with Crippen molar-refractivity contribution in [3.63, 3.8) is 0 Å². The van der Waals surface area contributed by atoms with Gasteiger partial charge >= 0.3 is 0 Å². The maximum atomic E-state index is 12.4. The van der Waals surface area contributed by atoms with Gasteiger partial charge in [-0.1, -0.05) is 25.7 Å². The molecule has 1 aromatic heterocycles. The smallest absolute Gasteiger partial charge is 0.223 e. The number of carbonyl (C=O) groups is 1. The van der Waals surface area contributed by atoms with E-state index in [0.29, 0.717) is 6.04 Å². The highest BCUT2D eigenvalue weighted by molar-refractivity contribution is 7.07. The summed E-state index contributed by atoms with van der Waals surface area (Å²) < 4.78 is 0. The van der Waals surface area contributed by atoms with Gasteiger partial charge in [0, 0.05) is 12.5 Å². The van der Waals surface area contributed by atoms with Crippen LogP contribution in [0.25, 0.3) is 0 Å². The number of likely N-dealkylation sites (tertiary alicyclic amines) is 1. The number of nitrogens with zero attached hydrogens (tertiary/aromatic N) is 1. The molecule has 2 fully saturated rings. The van der Waals surface area contributed by atoms with Crippen molar-refractivity contribution in [2.45, 2.75) is 57.4 Å². The zero-order chi connectivity index (χ0) is 15.2. The summed E-state index contributed by atoms with van der Waals surface area (Å²) in [5.74, 6) is 0.551. The average Bonchev–Trinajstić information content (AvgIpc) is 3.11. The van der Waals surface area contributed by atoms with Crippen LogP contribution >= 0.6 is 11.3 Å². The van der Waals surface area contributed by atoms with Crippen LogP contribution in [0.4, 0.5) is 0 Å². The molecule has 122 valence electrons. The van der Waals surface area contributed by atoms with Gasteiger partial charge in [-0.15, -0.1) is 0 Å². The monoisotopic (exact) mass is 320 g/mol. The van der Waals surface area contributed by atoms with Gasteiger partial charge in [-0.3, -0.25) is 9.69 Å². The van der Waals surface area contributed by atoms with Crippen molar-refractivity contribution in [3.8, 4) is 0 Å². The second-order valence-corrected chi connectivity index (χ2v) is 7.53. The molecule has 0 bridgehead atoms. The van der Waals surface area contributed by atoms with Crippen LogP contribution in [0.5, 0.6) is 0 Å². The Morgan fingerprint density at radius 1 is 1.18 bits per heavy atom. The molecular formula is C18H28N2OS. The fraction of sp³-hybridized carbons (Fsp3) is 0.722. The summed E-state index contributed by atoms with van der Waals surface area (Å²) in [6.07, 6.45) is 9.83. The molecule has 0 radical (unpaired) electrons. The van der Waals surface area contributed by atoms with Crippen molar-refractivity contribution in [2.75, 3.05) is 19.6 Å². The molecule has 4 heteroatoms. The number of amides is 1. The highest BCUT2D eigenvalue weighted by Gasteiger charge is 2.25. The van der Waals surface area contributed by atoms with E-state index in [-0.39, 0.29) is 11.8 Å². The Bertz CT molecular complexity index is 448. The van der Waals surface area contributed by atoms with Crippen LogP contribution in [0.3, 0.4) is 0 Å². The minimum Gasteiger partial charge on any atom is -0.354 e. The Kier molecular flexibility index (Phi) is 5.90. The number of carbonyl (C=O) groups excluding carboxylic acids is 1. The number of nitrogens with one attached hydrogen (secondary N) is 1. The van der Waals surface area contributed by atoms with Crippen molar-refractivity contribution < 1.29 is 4.79 Å². The summed E-state index contributed by atoms with van der Waals surface area (Å²) in [4.78, 5) is 15.0. The summed E-state index contributed by atoms with van der Waals surface area (Å²) in [6.45, 7) is 3.10. The van der Waals surface area contributed by atoms with Crippen LogP contribution in [0.2, 0.25) is 0 Å². The maximum absolute atomic E-state index is 12.4. The minimum absolute atomic E-state index is 0.262. The summed E-state index contributed by atoms with van der Waals surface area (Å²) in [7, 11) is 0. The highest BCUT2D eigenvalue weighted by Crippen LogP contribution is 2.27. The second kappa shape index (κ2) is 8.11. The first-order valence-electron chi connectivity index (χ1n) is 8.88. The molecule has 2 aliphatic rings. The Morgan fingerprint density at radius 3 is 2.59 bits per heavy atom. The topological polar surface area (TPSA) is 32.3 Å². The molecule has 1 aromatic rings. The van der Waals surface area contributed by atoms with Crippen molar-refractivity contribution >= 4 is 17.2 Å². The third kappa shape index (κ3) is 4.11. The van der Waals surface area contributed by atoms with E-state index in [0.717, 1.165) is 19.4 Å². The molecule has 1 saturated carbocycles. The van der Waals surface area contributed by atoms with Gasteiger partial charge in [-0.05, 0) is 61.2 Å². The zero-order valence-corrected chi connectivity index (χ0v) is 14.2. The summed E-state index contributed by atoms with van der Waals surface area (Å²) >= 11 is 1.75. The molecule has 1 aliphatic heterocycles. The fourth-order valence-corrected chi connectivity index (χ4v) is 4.57. The van der Waals surface area contributed by atoms with Crippen molar-refractivity contribution in [3.05, 3.63) is 22.4 Å². The standard InChI is InChI=1S/C18H28N2OS/c21-18(15-7-3-1-4-8-15)19-13-17(16-9-12-22-14-16)20-10-5-2-6-11-20/h9,12,14-15,17H,1-8,10-11,13H2,(H,19,21). The van der Waals surface area contributed by atoms with Gasteiger partial charge in [0.2, 0.25) is 5.91 Å². The van der Waals surface area contributed by atoms with Crippen molar-refractivity contribution in [1.29, 1.82) is 0 Å². The van der Waals surface area contributed by atoms with Gasteiger partial charge in [0.25, 0.3) is 0 Å². The largest absolute Gasteiger partial charge is 0.354 e. The molecule has 2 heterocycles. The molecule has 1 N–H and O–H groups in total. The molecule has 1 amide bonds. The lowest BCUT2D eigenvalue weighted by atomic mass is 9.88. The summed E-state index contributed by atoms with van der Waals surface area (Å²) in [5, 5.41) is 7.65. The molecule has 1 aliphatic carbocycles. The molecule has 1 atom stereocenters. The number of thiophene rings is 1. The normalized spacial score (nSPS) is 22.4. The lowest BCUT2D eigenvalue weighted by Gasteiger charge is -2.35. The van der Waals surface area contributed by atoms with E-state index in [4.69, 9.17) is 0 Å². The van der Waals surface area contributed by atoms with Crippen LogP contribution in [-0.4, -0.2) is 30.4 Å². The van der Waals surface area contributed by atoms with E-state index >= 15 is 0 Å². The lowest BCUT2D eigenvalue weighted by molar-refractivity contribution is -0.126. The fourth-order valence-electron chi connectivity index (χ4n) is 3.86. The van der Waals surface area contributed by atoms with Crippen LogP contribution in [0.15, 0.2) is 16.8 Å². The second-order valence-electron chi connectivity index (χ2n) is 6.75. The van der Waals surface area contributed by atoms with Gasteiger partial charge in [0.05, 0.1) is 6.04 Å². The van der Waals surface area contributed by atoms with Gasteiger partial charge in [0.15, 0.2) is 0 Å². The molecule has 1 unspecified atom stereocenters. The zero-order valence-electron chi connectivity index (χ0n) is 13.4. The third-order valence-electron chi connectivity index (χ3n) is 5.20. The van der Waals surface area contributed by atoms with E-state index in [1.807, 2.05) is 0 Å². The van der Waals surface area contributed by atoms with Crippen molar-refractivity contribution in [1.82, 2.24) is 10.2 Å². The molecule has 0 aromatic carbocycles. The molecule has 0 spiro atoms. The highest BCUT2D eigenvalue weighted by atomic mass is 32.1. The van der Waals surface area contributed by atoms with E-state index in [9.17, 15) is 4.79 Å². The number of rotatable bonds is 5. The SMILES string of the molecule is O=C(NCC(c1ccsc1)N1CCCCC1)C1CCCCC1. The number of piperidine rings is 1. The van der Waals surface area contributed by atoms with Gasteiger partial charge < -0.3 is 5.32 Å². The number of hydrogen-bond acceptors (Lipinski definition) is 3. The van der Waals surface area contributed by atoms with Crippen molar-refractivity contribution in [2.24, 2.45) is 5.92 Å². The number of hydrogen-bond donors (Lipinski definition) is 1. The predicted molar refractivity (Wildman–Crippen MR) is 92.1 cm³/mol. The Balaban J connectivity index is 1.58. The third-order valence-corrected chi connectivity index (χ3v) is 5.91. The Morgan fingerprint density at radius 2 is 1.91 bits per heavy atom. The molecule has 3 rings (SSSR count). The summed E-state index contributed by atoms with van der Waals surface area (Å²) in [6, 6.07) is 2.58. The van der Waals surface area contributed by atoms with Gasteiger partial charge in [0.1, 0.15) is 0 Å². The molecule has 22 heavy (non-hydrogen) atoms. The first-order chi connectivity index (χ1) is 10.8. The molecule has 1 saturated heterocycles.